The van der Waals surface area contributed by atoms with Crippen LogP contribution in [0.3, 0.4) is 0 Å². The number of carbonyl (C=O) groups excluding carboxylic acids is 1. The van der Waals surface area contributed by atoms with Gasteiger partial charge in [-0.25, -0.2) is 0 Å². The molecule has 154 valence electrons. The summed E-state index contributed by atoms with van der Waals surface area (Å²) < 4.78 is 0. The van der Waals surface area contributed by atoms with Gasteiger partial charge in [0.1, 0.15) is 5.78 Å². The summed E-state index contributed by atoms with van der Waals surface area (Å²) in [5.41, 5.74) is 0.561. The third-order valence-corrected chi connectivity index (χ3v) is 9.06. The van der Waals surface area contributed by atoms with Gasteiger partial charge in [-0.3, -0.25) is 9.59 Å². The van der Waals surface area contributed by atoms with Gasteiger partial charge in [0.25, 0.3) is 0 Å². The molecule has 4 nitrogen and oxygen atoms in total. The van der Waals surface area contributed by atoms with E-state index in [-0.39, 0.29) is 23.9 Å². The third kappa shape index (κ3) is 3.47. The van der Waals surface area contributed by atoms with Crippen molar-refractivity contribution in [1.29, 1.82) is 0 Å². The topological polar surface area (TPSA) is 74.6 Å². The smallest absolute Gasteiger partial charge is 0.303 e. The molecule has 0 heterocycles. The van der Waals surface area contributed by atoms with Crippen LogP contribution in [-0.2, 0) is 9.59 Å². The second-order valence-electron chi connectivity index (χ2n) is 10.3. The van der Waals surface area contributed by atoms with Crippen molar-refractivity contribution in [3.8, 4) is 0 Å². The van der Waals surface area contributed by atoms with Crippen molar-refractivity contribution in [3.05, 3.63) is 0 Å². The number of carboxylic acids is 1. The highest BCUT2D eigenvalue weighted by Crippen LogP contribution is 2.66. The summed E-state index contributed by atoms with van der Waals surface area (Å²) in [5.74, 6) is 2.99. The van der Waals surface area contributed by atoms with E-state index >= 15 is 0 Å². The number of ketones is 1. The van der Waals surface area contributed by atoms with Gasteiger partial charge >= 0.3 is 5.97 Å². The van der Waals surface area contributed by atoms with E-state index in [4.69, 9.17) is 5.11 Å². The molecule has 2 N–H and O–H groups in total. The lowest BCUT2D eigenvalue weighted by molar-refractivity contribution is -0.148. The number of carbonyl (C=O) groups is 2. The maximum Gasteiger partial charge on any atom is 0.303 e. The predicted molar refractivity (Wildman–Crippen MR) is 105 cm³/mol. The van der Waals surface area contributed by atoms with Gasteiger partial charge in [0.15, 0.2) is 0 Å². The van der Waals surface area contributed by atoms with Crippen LogP contribution in [0.4, 0.5) is 0 Å². The SMILES string of the molecule is CCC(=O)O.C[C@@H]1C[C@@]2(C)[C@@H](CC[C@@H]3[C@@H]2CC[C@]2(C)[C@@H](O)CC[C@@H]32)CC1=O. The van der Waals surface area contributed by atoms with Gasteiger partial charge in [0, 0.05) is 18.8 Å². The lowest BCUT2D eigenvalue weighted by Gasteiger charge is -2.60. The molecule has 4 heteroatoms. The minimum atomic E-state index is -0.745. The number of fused-ring (bicyclic) bond motifs is 5. The molecule has 4 saturated carbocycles. The van der Waals surface area contributed by atoms with Crippen LogP contribution in [0.1, 0.15) is 85.5 Å². The van der Waals surface area contributed by atoms with E-state index in [2.05, 4.69) is 20.8 Å². The first-order valence-corrected chi connectivity index (χ1v) is 11.1. The number of aliphatic hydroxyl groups excluding tert-OH is 1. The van der Waals surface area contributed by atoms with Gasteiger partial charge < -0.3 is 10.2 Å². The molecule has 0 aromatic rings. The maximum atomic E-state index is 12.2. The summed E-state index contributed by atoms with van der Waals surface area (Å²) in [7, 11) is 0. The van der Waals surface area contributed by atoms with Crippen molar-refractivity contribution in [2.45, 2.75) is 91.6 Å². The summed E-state index contributed by atoms with van der Waals surface area (Å²) in [6.07, 6.45) is 9.38. The fraction of sp³-hybridized carbons (Fsp3) is 0.913. The van der Waals surface area contributed by atoms with E-state index in [1.807, 2.05) is 0 Å². The molecule has 0 aromatic heterocycles. The molecule has 27 heavy (non-hydrogen) atoms. The van der Waals surface area contributed by atoms with Crippen LogP contribution in [0.2, 0.25) is 0 Å². The number of hydrogen-bond donors (Lipinski definition) is 2. The molecule has 4 aliphatic rings. The molecule has 4 aliphatic carbocycles. The number of rotatable bonds is 1. The van der Waals surface area contributed by atoms with Gasteiger partial charge in [-0.1, -0.05) is 27.7 Å². The monoisotopic (exact) mass is 378 g/mol. The molecule has 0 aliphatic heterocycles. The van der Waals surface area contributed by atoms with Crippen LogP contribution in [0.15, 0.2) is 0 Å². The first kappa shape index (κ1) is 20.8. The zero-order valence-corrected chi connectivity index (χ0v) is 17.5. The second kappa shape index (κ2) is 7.50. The summed E-state index contributed by atoms with van der Waals surface area (Å²) in [4.78, 5) is 21.6. The Labute approximate surface area is 164 Å². The van der Waals surface area contributed by atoms with Crippen LogP contribution in [0, 0.1) is 40.4 Å². The Balaban J connectivity index is 0.000000376. The van der Waals surface area contributed by atoms with Crippen LogP contribution in [0.25, 0.3) is 0 Å². The van der Waals surface area contributed by atoms with Crippen LogP contribution >= 0.6 is 0 Å². The Kier molecular flexibility index (Phi) is 5.78. The van der Waals surface area contributed by atoms with E-state index in [0.29, 0.717) is 17.1 Å². The molecule has 0 amide bonds. The average molecular weight is 379 g/mol. The lowest BCUT2D eigenvalue weighted by Crippen LogP contribution is -2.55. The molecule has 0 radical (unpaired) electrons. The molecular formula is C23H38O4. The maximum absolute atomic E-state index is 12.2. The standard InChI is InChI=1S/C20H32O2.C3H6O2/c1-12-11-20(3)13(10-17(12)21)4-5-14-15-6-7-18(22)19(15,2)9-8-16(14)20;1-2-3(4)5/h12-16,18,22H,4-11H2,1-3H3;2H2,1H3,(H,4,5)/t12-,13+,14+,15+,16+,18+,19+,20+;/m1./s1. The molecule has 0 spiro atoms. The van der Waals surface area contributed by atoms with Crippen LogP contribution in [0.5, 0.6) is 0 Å². The molecule has 8 atom stereocenters. The fourth-order valence-electron chi connectivity index (χ4n) is 7.38. The lowest BCUT2D eigenvalue weighted by atomic mass is 9.44. The van der Waals surface area contributed by atoms with Crippen LogP contribution in [-0.4, -0.2) is 28.1 Å². The minimum absolute atomic E-state index is 0.0733. The summed E-state index contributed by atoms with van der Waals surface area (Å²) in [6, 6.07) is 0. The molecule has 4 fully saturated rings. The number of Topliss-reactive ketones (excluding diaryl/α,β-unsaturated/α-hetero) is 1. The van der Waals surface area contributed by atoms with Crippen molar-refractivity contribution in [1.82, 2.24) is 0 Å². The molecule has 0 bridgehead atoms. The van der Waals surface area contributed by atoms with E-state index in [9.17, 15) is 14.7 Å². The molecule has 4 rings (SSSR count). The van der Waals surface area contributed by atoms with Crippen molar-refractivity contribution in [3.63, 3.8) is 0 Å². The predicted octanol–water partition coefficient (Wildman–Crippen LogP) is 4.69. The number of aliphatic carboxylic acids is 1. The Morgan fingerprint density at radius 1 is 1.07 bits per heavy atom. The summed E-state index contributed by atoms with van der Waals surface area (Å²) in [6.45, 7) is 8.61. The number of aliphatic hydroxyl groups is 1. The van der Waals surface area contributed by atoms with Gasteiger partial charge in [-0.15, -0.1) is 0 Å². The van der Waals surface area contributed by atoms with E-state index < -0.39 is 5.97 Å². The highest BCUT2D eigenvalue weighted by atomic mass is 16.4. The normalized spacial score (nSPS) is 48.6. The second-order valence-corrected chi connectivity index (χ2v) is 10.3. The number of hydrogen-bond acceptors (Lipinski definition) is 3. The average Bonchev–Trinajstić information content (AvgIpc) is 2.92. The van der Waals surface area contributed by atoms with Crippen molar-refractivity contribution in [2.75, 3.05) is 0 Å². The largest absolute Gasteiger partial charge is 0.481 e. The highest BCUT2D eigenvalue weighted by molar-refractivity contribution is 5.82. The van der Waals surface area contributed by atoms with E-state index in [1.54, 1.807) is 6.92 Å². The third-order valence-electron chi connectivity index (χ3n) is 9.06. The minimum Gasteiger partial charge on any atom is -0.481 e. The highest BCUT2D eigenvalue weighted by Gasteiger charge is 2.60. The van der Waals surface area contributed by atoms with Crippen molar-refractivity contribution >= 4 is 11.8 Å². The van der Waals surface area contributed by atoms with E-state index in [0.717, 1.165) is 37.0 Å². The number of carboxylic acid groups (broad SMARTS) is 1. The molecule has 0 unspecified atom stereocenters. The Morgan fingerprint density at radius 2 is 1.70 bits per heavy atom. The van der Waals surface area contributed by atoms with Crippen molar-refractivity contribution in [2.24, 2.45) is 40.4 Å². The van der Waals surface area contributed by atoms with Gasteiger partial charge in [0.05, 0.1) is 6.10 Å². The van der Waals surface area contributed by atoms with Gasteiger partial charge in [-0.05, 0) is 79.4 Å². The Bertz CT molecular complexity index is 587. The summed E-state index contributed by atoms with van der Waals surface area (Å²) in [5, 5.41) is 18.2. The Morgan fingerprint density at radius 3 is 2.33 bits per heavy atom. The fourth-order valence-corrected chi connectivity index (χ4v) is 7.38. The quantitative estimate of drug-likeness (QED) is 0.694. The van der Waals surface area contributed by atoms with Crippen LogP contribution < -0.4 is 0 Å². The van der Waals surface area contributed by atoms with Crippen molar-refractivity contribution < 1.29 is 19.8 Å². The molecule has 0 aromatic carbocycles. The molecule has 0 saturated heterocycles. The van der Waals surface area contributed by atoms with E-state index in [1.165, 1.54) is 32.1 Å². The Hall–Kier alpha value is -0.900. The zero-order valence-electron chi connectivity index (χ0n) is 17.5. The van der Waals surface area contributed by atoms with Gasteiger partial charge in [0.2, 0.25) is 0 Å². The van der Waals surface area contributed by atoms with Gasteiger partial charge in [-0.2, -0.15) is 0 Å². The first-order valence-electron chi connectivity index (χ1n) is 11.1. The zero-order chi connectivity index (χ0) is 20.0. The summed E-state index contributed by atoms with van der Waals surface area (Å²) >= 11 is 0. The molecular weight excluding hydrogens is 340 g/mol. The first-order chi connectivity index (χ1) is 12.6.